The lowest BCUT2D eigenvalue weighted by Gasteiger charge is -2.29. The number of hydrogen-bond acceptors (Lipinski definition) is 1. The molecule has 2 atom stereocenters. The van der Waals surface area contributed by atoms with Crippen molar-refractivity contribution >= 4 is 55.0 Å². The summed E-state index contributed by atoms with van der Waals surface area (Å²) in [6.45, 7) is 0. The van der Waals surface area contributed by atoms with Crippen molar-refractivity contribution < 1.29 is 0 Å². The molecule has 240 valence electrons. The molecule has 51 heavy (non-hydrogen) atoms. The van der Waals surface area contributed by atoms with Crippen molar-refractivity contribution in [2.24, 2.45) is 0 Å². The highest BCUT2D eigenvalue weighted by Gasteiger charge is 2.39. The Kier molecular flexibility index (Phi) is 6.08. The van der Waals surface area contributed by atoms with E-state index < -0.39 is 0 Å². The molecule has 7 aromatic carbocycles. The Balaban J connectivity index is 1.04. The molecule has 2 unspecified atom stereocenters. The summed E-state index contributed by atoms with van der Waals surface area (Å²) in [6, 6.07) is 60.2. The fourth-order valence-corrected chi connectivity index (χ4v) is 8.82. The first-order valence-electron chi connectivity index (χ1n) is 17.8. The molecule has 0 bridgehead atoms. The van der Waals surface area contributed by atoms with Crippen LogP contribution in [0.15, 0.2) is 188 Å². The zero-order valence-corrected chi connectivity index (χ0v) is 27.9. The van der Waals surface area contributed by atoms with Crippen LogP contribution < -0.4 is 4.90 Å². The number of rotatable bonds is 4. The number of fused-ring (bicyclic) bond motifs is 10. The predicted molar refractivity (Wildman–Crippen MR) is 214 cm³/mol. The molecule has 2 aromatic heterocycles. The molecule has 0 spiro atoms. The number of para-hydroxylation sites is 4. The second-order valence-electron chi connectivity index (χ2n) is 13.7. The van der Waals surface area contributed by atoms with Gasteiger partial charge in [-0.05, 0) is 71.3 Å². The Morgan fingerprint density at radius 1 is 0.373 bits per heavy atom. The number of nitrogens with zero attached hydrogens (tertiary/aromatic N) is 3. The smallest absolute Gasteiger partial charge is 0.0782 e. The van der Waals surface area contributed by atoms with Crippen LogP contribution in [0.4, 0.5) is 11.4 Å². The van der Waals surface area contributed by atoms with Crippen LogP contribution in [-0.4, -0.2) is 15.2 Å². The molecule has 2 aliphatic rings. The first-order valence-corrected chi connectivity index (χ1v) is 17.8. The third-order valence-electron chi connectivity index (χ3n) is 11.0. The van der Waals surface area contributed by atoms with Crippen LogP contribution >= 0.6 is 0 Å². The number of hydrogen-bond donors (Lipinski definition) is 0. The van der Waals surface area contributed by atoms with Crippen LogP contribution in [0.25, 0.3) is 66.1 Å². The molecule has 3 heteroatoms. The Bertz CT molecular complexity index is 2800. The zero-order valence-electron chi connectivity index (χ0n) is 27.9. The zero-order chi connectivity index (χ0) is 33.5. The second kappa shape index (κ2) is 11.0. The molecule has 0 N–H and O–H groups in total. The average Bonchev–Trinajstić information content (AvgIpc) is 3.84. The maximum Gasteiger partial charge on any atom is 0.0782 e. The molecule has 0 amide bonds. The molecule has 3 nitrogen and oxygen atoms in total. The summed E-state index contributed by atoms with van der Waals surface area (Å²) in [4.78, 5) is 2.56. The van der Waals surface area contributed by atoms with Crippen LogP contribution in [0.1, 0.15) is 11.5 Å². The van der Waals surface area contributed by atoms with Gasteiger partial charge in [0, 0.05) is 44.5 Å². The van der Waals surface area contributed by atoms with Crippen LogP contribution in [0.2, 0.25) is 0 Å². The summed E-state index contributed by atoms with van der Waals surface area (Å²) in [6.07, 6.45) is 9.13. The van der Waals surface area contributed by atoms with Crippen molar-refractivity contribution in [1.82, 2.24) is 9.13 Å². The van der Waals surface area contributed by atoms with Gasteiger partial charge in [0.1, 0.15) is 0 Å². The number of allylic oxidation sites excluding steroid dienone is 2. The summed E-state index contributed by atoms with van der Waals surface area (Å²) in [5.41, 5.74) is 13.6. The highest BCUT2D eigenvalue weighted by atomic mass is 15.2. The quantitative estimate of drug-likeness (QED) is 0.185. The summed E-state index contributed by atoms with van der Waals surface area (Å²) in [5, 5.41) is 5.11. The molecule has 0 fully saturated rings. The van der Waals surface area contributed by atoms with Crippen LogP contribution in [0.3, 0.4) is 0 Å². The van der Waals surface area contributed by atoms with Crippen LogP contribution in [0.5, 0.6) is 0 Å². The minimum Gasteiger partial charge on any atom is -0.332 e. The Labute approximate surface area is 296 Å². The van der Waals surface area contributed by atoms with Gasteiger partial charge in [-0.15, -0.1) is 0 Å². The highest BCUT2D eigenvalue weighted by molar-refractivity contribution is 6.15. The monoisotopic (exact) mass is 651 g/mol. The lowest BCUT2D eigenvalue weighted by Crippen LogP contribution is -2.28. The highest BCUT2D eigenvalue weighted by Crippen LogP contribution is 2.52. The normalized spacial score (nSPS) is 16.4. The van der Waals surface area contributed by atoms with E-state index in [9.17, 15) is 0 Å². The molecular formula is C48H33N3. The summed E-state index contributed by atoms with van der Waals surface area (Å²) >= 11 is 0. The molecular weight excluding hydrogens is 619 g/mol. The van der Waals surface area contributed by atoms with Crippen molar-refractivity contribution in [1.29, 1.82) is 0 Å². The van der Waals surface area contributed by atoms with Gasteiger partial charge in [-0.2, -0.15) is 0 Å². The topological polar surface area (TPSA) is 13.1 Å². The standard InChI is InChI=1S/C48H33N3/c1-2-12-34(13-3-1)50-45-20-10-6-16-39(45)41-30-31-42-40-17-7-11-21-46(40)51(48(42)47(41)50)36-28-24-33(25-29-36)32-22-26-35(27-23-32)49-43-18-8-4-14-37(43)38-15-5-9-19-44(38)49/h1-31,39,45H. The summed E-state index contributed by atoms with van der Waals surface area (Å²) in [5.74, 6) is 0.300. The number of benzene rings is 7. The van der Waals surface area contributed by atoms with Gasteiger partial charge in [-0.1, -0.05) is 133 Å². The molecule has 0 saturated carbocycles. The van der Waals surface area contributed by atoms with E-state index in [2.05, 4.69) is 202 Å². The number of anilines is 2. The minimum atomic E-state index is 0.234. The van der Waals surface area contributed by atoms with Crippen molar-refractivity contribution in [3.63, 3.8) is 0 Å². The maximum atomic E-state index is 2.56. The lowest BCUT2D eigenvalue weighted by atomic mass is 9.91. The Morgan fingerprint density at radius 3 is 1.51 bits per heavy atom. The molecule has 1 aliphatic heterocycles. The van der Waals surface area contributed by atoms with Gasteiger partial charge in [0.25, 0.3) is 0 Å². The van der Waals surface area contributed by atoms with Crippen LogP contribution in [-0.2, 0) is 0 Å². The third kappa shape index (κ3) is 4.12. The molecule has 11 rings (SSSR count). The second-order valence-corrected chi connectivity index (χ2v) is 13.7. The van der Waals surface area contributed by atoms with E-state index in [1.165, 1.54) is 77.4 Å². The van der Waals surface area contributed by atoms with Crippen LogP contribution in [0, 0.1) is 0 Å². The molecule has 0 radical (unpaired) electrons. The van der Waals surface area contributed by atoms with Gasteiger partial charge in [-0.3, -0.25) is 0 Å². The Hall–Kier alpha value is -6.58. The maximum absolute atomic E-state index is 2.56. The average molecular weight is 652 g/mol. The van der Waals surface area contributed by atoms with Gasteiger partial charge in [0.15, 0.2) is 0 Å². The van der Waals surface area contributed by atoms with E-state index in [-0.39, 0.29) is 6.04 Å². The first-order chi connectivity index (χ1) is 25.3. The van der Waals surface area contributed by atoms with Crippen molar-refractivity contribution in [3.8, 4) is 22.5 Å². The van der Waals surface area contributed by atoms with Gasteiger partial charge < -0.3 is 14.0 Å². The first kappa shape index (κ1) is 28.3. The predicted octanol–water partition coefficient (Wildman–Crippen LogP) is 12.3. The van der Waals surface area contributed by atoms with Crippen molar-refractivity contribution in [3.05, 3.63) is 194 Å². The van der Waals surface area contributed by atoms with E-state index in [1.807, 2.05) is 0 Å². The van der Waals surface area contributed by atoms with Gasteiger partial charge >= 0.3 is 0 Å². The van der Waals surface area contributed by atoms with E-state index >= 15 is 0 Å². The fraction of sp³-hybridized carbons (Fsp3) is 0.0417. The summed E-state index contributed by atoms with van der Waals surface area (Å²) in [7, 11) is 0. The molecule has 1 aliphatic carbocycles. The van der Waals surface area contributed by atoms with Gasteiger partial charge in [0.2, 0.25) is 0 Å². The van der Waals surface area contributed by atoms with E-state index in [4.69, 9.17) is 0 Å². The van der Waals surface area contributed by atoms with Gasteiger partial charge in [-0.25, -0.2) is 0 Å². The molecule has 3 heterocycles. The third-order valence-corrected chi connectivity index (χ3v) is 11.0. The van der Waals surface area contributed by atoms with Gasteiger partial charge in [0.05, 0.1) is 33.8 Å². The molecule has 9 aromatic rings. The lowest BCUT2D eigenvalue weighted by molar-refractivity contribution is 0.745. The molecule has 0 saturated heterocycles. The van der Waals surface area contributed by atoms with Crippen molar-refractivity contribution in [2.75, 3.05) is 4.90 Å². The van der Waals surface area contributed by atoms with E-state index in [0.29, 0.717) is 5.92 Å². The summed E-state index contributed by atoms with van der Waals surface area (Å²) < 4.78 is 4.86. The fourth-order valence-electron chi connectivity index (χ4n) is 8.82. The van der Waals surface area contributed by atoms with E-state index in [1.54, 1.807) is 0 Å². The van der Waals surface area contributed by atoms with E-state index in [0.717, 1.165) is 5.69 Å². The Morgan fingerprint density at radius 2 is 0.882 bits per heavy atom. The largest absolute Gasteiger partial charge is 0.332 e. The number of aromatic nitrogens is 2. The minimum absolute atomic E-state index is 0.234. The SMILES string of the molecule is C1=CC2c3ccc4c5ccccc5n(-c5ccc(-c6ccc(-n7c8ccccc8c8ccccc87)cc6)cc5)c4c3N(c3ccccc3)C2C=C1. The van der Waals surface area contributed by atoms with Crippen molar-refractivity contribution in [2.45, 2.75) is 12.0 Å².